The van der Waals surface area contributed by atoms with Gasteiger partial charge in [0.25, 0.3) is 0 Å². The van der Waals surface area contributed by atoms with Gasteiger partial charge in [0.15, 0.2) is 0 Å². The summed E-state index contributed by atoms with van der Waals surface area (Å²) in [5, 5.41) is 12.2. The van der Waals surface area contributed by atoms with Crippen molar-refractivity contribution >= 4 is 22.5 Å². The second-order valence-corrected chi connectivity index (χ2v) is 9.66. The van der Waals surface area contributed by atoms with Crippen LogP contribution in [-0.4, -0.2) is 35.1 Å². The second kappa shape index (κ2) is 8.45. The topological polar surface area (TPSA) is 61.0 Å². The summed E-state index contributed by atoms with van der Waals surface area (Å²) in [6, 6.07) is 14.9. The minimum atomic E-state index is 0.109. The summed E-state index contributed by atoms with van der Waals surface area (Å²) in [7, 11) is 4.18. The van der Waals surface area contributed by atoms with E-state index in [0.717, 1.165) is 47.8 Å². The van der Waals surface area contributed by atoms with Crippen LogP contribution < -0.4 is 5.32 Å². The van der Waals surface area contributed by atoms with E-state index >= 15 is 0 Å². The van der Waals surface area contributed by atoms with Crippen LogP contribution in [0.5, 0.6) is 0 Å². The fraction of sp³-hybridized carbons (Fsp3) is 0.407. The molecule has 3 unspecified atom stereocenters. The zero-order chi connectivity index (χ0) is 22.2. The molecule has 1 amide bonds. The lowest BCUT2D eigenvalue weighted by Crippen LogP contribution is -2.21. The van der Waals surface area contributed by atoms with Crippen LogP contribution >= 0.6 is 0 Å². The van der Waals surface area contributed by atoms with Crippen molar-refractivity contribution in [3.05, 3.63) is 71.1 Å². The van der Waals surface area contributed by atoms with Gasteiger partial charge in [0.05, 0.1) is 5.52 Å². The first-order chi connectivity index (χ1) is 15.5. The number of allylic oxidation sites excluding steroid dienone is 2. The number of carbonyl (C=O) groups is 1. The Bertz CT molecular complexity index is 1160. The second-order valence-electron chi connectivity index (χ2n) is 9.66. The molecule has 1 saturated carbocycles. The molecule has 0 radical (unpaired) electrons. The predicted octanol–water partition coefficient (Wildman–Crippen LogP) is 5.72. The maximum atomic E-state index is 12.8. The lowest BCUT2D eigenvalue weighted by Gasteiger charge is -2.25. The number of hydrogen-bond acceptors (Lipinski definition) is 3. The Hall–Kier alpha value is -3.08. The molecule has 0 spiro atoms. The van der Waals surface area contributed by atoms with Gasteiger partial charge in [-0.1, -0.05) is 36.4 Å². The molecule has 3 atom stereocenters. The third-order valence-corrected chi connectivity index (χ3v) is 7.14. The van der Waals surface area contributed by atoms with E-state index in [2.05, 4.69) is 83.0 Å². The Morgan fingerprint density at radius 3 is 2.72 bits per heavy atom. The third kappa shape index (κ3) is 4.16. The number of carbonyl (C=O) groups excluding carboxylic acids is 1. The van der Waals surface area contributed by atoms with Crippen LogP contribution in [0.3, 0.4) is 0 Å². The molecule has 32 heavy (non-hydrogen) atoms. The first-order valence-electron chi connectivity index (χ1n) is 11.7. The van der Waals surface area contributed by atoms with E-state index in [9.17, 15) is 4.79 Å². The molecule has 0 saturated heterocycles. The van der Waals surface area contributed by atoms with Gasteiger partial charge in [0.2, 0.25) is 5.91 Å². The van der Waals surface area contributed by atoms with Crippen molar-refractivity contribution in [3.8, 4) is 0 Å². The molecule has 2 aromatic carbocycles. The Morgan fingerprint density at radius 2 is 2.00 bits per heavy atom. The molecule has 5 rings (SSSR count). The van der Waals surface area contributed by atoms with E-state index in [1.54, 1.807) is 0 Å². The van der Waals surface area contributed by atoms with Crippen LogP contribution in [0.4, 0.5) is 5.69 Å². The molecule has 5 nitrogen and oxygen atoms in total. The van der Waals surface area contributed by atoms with Gasteiger partial charge in [-0.05, 0) is 67.7 Å². The summed E-state index contributed by atoms with van der Waals surface area (Å²) in [5.41, 5.74) is 6.89. The number of anilines is 1. The van der Waals surface area contributed by atoms with Crippen molar-refractivity contribution < 1.29 is 4.79 Å². The van der Waals surface area contributed by atoms with E-state index in [1.165, 1.54) is 17.0 Å². The van der Waals surface area contributed by atoms with Crippen LogP contribution in [0.2, 0.25) is 0 Å². The van der Waals surface area contributed by atoms with Gasteiger partial charge in [-0.3, -0.25) is 9.89 Å². The van der Waals surface area contributed by atoms with Crippen LogP contribution in [-0.2, 0) is 4.79 Å². The number of rotatable bonds is 6. The molecule has 0 bridgehead atoms. The predicted molar refractivity (Wildman–Crippen MR) is 130 cm³/mol. The van der Waals surface area contributed by atoms with Gasteiger partial charge in [0.1, 0.15) is 0 Å². The van der Waals surface area contributed by atoms with Crippen molar-refractivity contribution in [2.75, 3.05) is 19.4 Å². The van der Waals surface area contributed by atoms with Gasteiger partial charge >= 0.3 is 0 Å². The normalized spacial score (nSPS) is 22.5. The van der Waals surface area contributed by atoms with E-state index < -0.39 is 0 Å². The minimum absolute atomic E-state index is 0.109. The minimum Gasteiger partial charge on any atom is -0.381 e. The number of nitrogens with one attached hydrogen (secondary N) is 2. The Morgan fingerprint density at radius 1 is 1.19 bits per heavy atom. The first kappa shape index (κ1) is 20.8. The largest absolute Gasteiger partial charge is 0.381 e. The lowest BCUT2D eigenvalue weighted by atomic mass is 9.89. The molecule has 2 aliphatic rings. The van der Waals surface area contributed by atoms with Gasteiger partial charge in [-0.25, -0.2) is 0 Å². The highest BCUT2D eigenvalue weighted by Crippen LogP contribution is 2.55. The molecule has 2 N–H and O–H groups in total. The summed E-state index contributed by atoms with van der Waals surface area (Å²) in [4.78, 5) is 15.0. The smallest absolute Gasteiger partial charge is 0.224 e. The molecule has 5 heteroatoms. The summed E-state index contributed by atoms with van der Waals surface area (Å²) >= 11 is 0. The van der Waals surface area contributed by atoms with E-state index in [-0.39, 0.29) is 5.91 Å². The van der Waals surface area contributed by atoms with Gasteiger partial charge < -0.3 is 10.2 Å². The Balaban J connectivity index is 1.29. The Kier molecular flexibility index (Phi) is 5.50. The average Bonchev–Trinajstić information content (AvgIpc) is 3.48. The highest BCUT2D eigenvalue weighted by Gasteiger charge is 2.41. The van der Waals surface area contributed by atoms with Gasteiger partial charge in [-0.15, -0.1) is 0 Å². The average molecular weight is 429 g/mol. The maximum Gasteiger partial charge on any atom is 0.224 e. The van der Waals surface area contributed by atoms with Gasteiger partial charge in [0, 0.05) is 48.9 Å². The van der Waals surface area contributed by atoms with Crippen molar-refractivity contribution in [2.24, 2.45) is 5.92 Å². The quantitative estimate of drug-likeness (QED) is 0.528. The standard InChI is InChI=1S/C27H32N4O/c1-17-13-25-23(27(30-29-25)22-15-21(22)19-7-5-4-6-8-19)16-24(17)28-26(32)14-18-9-11-20(12-10-18)31(2)3/h4-8,11,13,16,18,21-22H,9-10,12,14-15H2,1-3H3,(H,28,32)(H,29,30). The zero-order valence-electron chi connectivity index (χ0n) is 19.2. The van der Waals surface area contributed by atoms with Crippen LogP contribution in [0, 0.1) is 12.8 Å². The number of amides is 1. The van der Waals surface area contributed by atoms with Crippen molar-refractivity contribution in [1.29, 1.82) is 0 Å². The summed E-state index contributed by atoms with van der Waals surface area (Å²) < 4.78 is 0. The molecule has 1 aromatic heterocycles. The maximum absolute atomic E-state index is 12.8. The van der Waals surface area contributed by atoms with Crippen molar-refractivity contribution in [1.82, 2.24) is 15.1 Å². The van der Waals surface area contributed by atoms with Gasteiger partial charge in [-0.2, -0.15) is 5.10 Å². The molecular weight excluding hydrogens is 396 g/mol. The molecule has 3 aromatic rings. The molecule has 1 heterocycles. The first-order valence-corrected chi connectivity index (χ1v) is 11.7. The molecule has 0 aliphatic heterocycles. The third-order valence-electron chi connectivity index (χ3n) is 7.14. The Labute approximate surface area is 189 Å². The summed E-state index contributed by atoms with van der Waals surface area (Å²) in [5.74, 6) is 1.54. The lowest BCUT2D eigenvalue weighted by molar-refractivity contribution is -0.117. The van der Waals surface area contributed by atoms with Crippen LogP contribution in [0.15, 0.2) is 54.2 Å². The molecule has 1 fully saturated rings. The molecule has 2 aliphatic carbocycles. The van der Waals surface area contributed by atoms with Crippen LogP contribution in [0.1, 0.15) is 60.8 Å². The number of aromatic amines is 1. The fourth-order valence-electron chi connectivity index (χ4n) is 5.11. The number of hydrogen-bond donors (Lipinski definition) is 2. The molecule has 166 valence electrons. The highest BCUT2D eigenvalue weighted by atomic mass is 16.1. The zero-order valence-corrected chi connectivity index (χ0v) is 19.2. The number of aryl methyl sites for hydroxylation is 1. The molecular formula is C27H32N4O. The van der Waals surface area contributed by atoms with Crippen LogP contribution in [0.25, 0.3) is 10.9 Å². The number of benzene rings is 2. The van der Waals surface area contributed by atoms with Crippen molar-refractivity contribution in [2.45, 2.75) is 50.9 Å². The monoisotopic (exact) mass is 428 g/mol. The van der Waals surface area contributed by atoms with Crippen molar-refractivity contribution in [3.63, 3.8) is 0 Å². The number of nitrogens with zero attached hydrogens (tertiary/aromatic N) is 2. The number of fused-ring (bicyclic) bond motifs is 1. The number of aromatic nitrogens is 2. The van der Waals surface area contributed by atoms with E-state index in [0.29, 0.717) is 24.2 Å². The highest BCUT2D eigenvalue weighted by molar-refractivity contribution is 5.95. The SMILES string of the molecule is Cc1cc2n[nH]c(C3CC3c3ccccc3)c2cc1NC(=O)CC1CC=C(N(C)C)CC1. The van der Waals surface area contributed by atoms with E-state index in [1.807, 2.05) is 6.92 Å². The fourth-order valence-corrected chi connectivity index (χ4v) is 5.11. The summed E-state index contributed by atoms with van der Waals surface area (Å²) in [6.45, 7) is 2.04. The number of H-pyrrole nitrogens is 1. The van der Waals surface area contributed by atoms with E-state index in [4.69, 9.17) is 0 Å². The summed E-state index contributed by atoms with van der Waals surface area (Å²) in [6.07, 6.45) is 7.11.